The largest absolute Gasteiger partial charge is 0.383 e. The smallest absolute Gasteiger partial charge is 0.274 e. The molecule has 0 bridgehead atoms. The predicted octanol–water partition coefficient (Wildman–Crippen LogP) is 1.17. The maximum absolute atomic E-state index is 12.4. The third kappa shape index (κ3) is 5.81. The molecule has 0 aromatic carbocycles. The molecule has 0 spiro atoms. The zero-order chi connectivity index (χ0) is 15.0. The lowest BCUT2D eigenvalue weighted by atomic mass is 10.3. The van der Waals surface area contributed by atoms with Gasteiger partial charge in [-0.25, -0.2) is 4.98 Å². The number of ether oxygens (including phenoxy) is 1. The first-order valence-electron chi connectivity index (χ1n) is 6.45. The second-order valence-corrected chi connectivity index (χ2v) is 5.06. The number of methoxy groups -OCH3 is 1. The average Bonchev–Trinajstić information content (AvgIpc) is 2.41. The Bertz CT molecular complexity index is 429. The van der Waals surface area contributed by atoms with Crippen molar-refractivity contribution in [3.8, 4) is 0 Å². The van der Waals surface area contributed by atoms with Crippen LogP contribution in [0.3, 0.4) is 0 Å². The molecular weight excluding hydrogens is 280 g/mol. The highest BCUT2D eigenvalue weighted by Gasteiger charge is 2.17. The predicted molar refractivity (Wildman–Crippen MR) is 78.0 cm³/mol. The highest BCUT2D eigenvalue weighted by molar-refractivity contribution is 6.29. The number of rotatable bonds is 8. The van der Waals surface area contributed by atoms with E-state index in [9.17, 15) is 4.79 Å². The molecule has 112 valence electrons. The molecule has 0 aliphatic carbocycles. The molecule has 20 heavy (non-hydrogen) atoms. The molecular formula is C13H21ClN4O2. The molecule has 1 aromatic rings. The van der Waals surface area contributed by atoms with Crippen molar-refractivity contribution in [2.75, 3.05) is 47.4 Å². The van der Waals surface area contributed by atoms with Gasteiger partial charge in [-0.05, 0) is 27.1 Å². The van der Waals surface area contributed by atoms with E-state index in [1.54, 1.807) is 12.0 Å². The van der Waals surface area contributed by atoms with Gasteiger partial charge in [0.2, 0.25) is 0 Å². The van der Waals surface area contributed by atoms with Crippen LogP contribution in [0.15, 0.2) is 12.4 Å². The van der Waals surface area contributed by atoms with E-state index in [1.165, 1.54) is 12.4 Å². The van der Waals surface area contributed by atoms with Crippen molar-refractivity contribution >= 4 is 17.5 Å². The fourth-order valence-corrected chi connectivity index (χ4v) is 1.85. The van der Waals surface area contributed by atoms with E-state index in [0.717, 1.165) is 13.0 Å². The normalized spacial score (nSPS) is 10.8. The Labute approximate surface area is 124 Å². The van der Waals surface area contributed by atoms with Crippen molar-refractivity contribution in [1.29, 1.82) is 0 Å². The van der Waals surface area contributed by atoms with Crippen LogP contribution in [0.25, 0.3) is 0 Å². The molecule has 6 nitrogen and oxygen atoms in total. The van der Waals surface area contributed by atoms with E-state index in [0.29, 0.717) is 19.7 Å². The minimum Gasteiger partial charge on any atom is -0.383 e. The third-order valence-corrected chi connectivity index (χ3v) is 2.89. The SMILES string of the molecule is COCCN(CCCN(C)C)C(=O)c1cncc(Cl)n1. The second-order valence-electron chi connectivity index (χ2n) is 4.67. The van der Waals surface area contributed by atoms with E-state index in [-0.39, 0.29) is 16.8 Å². The van der Waals surface area contributed by atoms with Crippen molar-refractivity contribution in [1.82, 2.24) is 19.8 Å². The molecule has 0 N–H and O–H groups in total. The van der Waals surface area contributed by atoms with Crippen LogP contribution < -0.4 is 0 Å². The summed E-state index contributed by atoms with van der Waals surface area (Å²) >= 11 is 5.77. The van der Waals surface area contributed by atoms with E-state index < -0.39 is 0 Å². The van der Waals surface area contributed by atoms with Crippen molar-refractivity contribution in [3.63, 3.8) is 0 Å². The number of nitrogens with zero attached hydrogens (tertiary/aromatic N) is 4. The van der Waals surface area contributed by atoms with Crippen LogP contribution in [0.4, 0.5) is 0 Å². The van der Waals surface area contributed by atoms with Gasteiger partial charge in [-0.15, -0.1) is 0 Å². The second kappa shape index (κ2) is 8.84. The minimum absolute atomic E-state index is 0.171. The van der Waals surface area contributed by atoms with Gasteiger partial charge in [0, 0.05) is 20.2 Å². The number of hydrogen-bond acceptors (Lipinski definition) is 5. The summed E-state index contributed by atoms with van der Waals surface area (Å²) in [6.45, 7) is 2.57. The number of hydrogen-bond donors (Lipinski definition) is 0. The van der Waals surface area contributed by atoms with Gasteiger partial charge >= 0.3 is 0 Å². The molecule has 0 aliphatic heterocycles. The van der Waals surface area contributed by atoms with E-state index >= 15 is 0 Å². The molecule has 7 heteroatoms. The Morgan fingerprint density at radius 2 is 2.05 bits per heavy atom. The quantitative estimate of drug-likeness (QED) is 0.721. The van der Waals surface area contributed by atoms with E-state index in [4.69, 9.17) is 16.3 Å². The van der Waals surface area contributed by atoms with Crippen LogP contribution in [0.5, 0.6) is 0 Å². The number of carbonyl (C=O) groups excluding carboxylic acids is 1. The summed E-state index contributed by atoms with van der Waals surface area (Å²) in [6, 6.07) is 0. The summed E-state index contributed by atoms with van der Waals surface area (Å²) in [5, 5.41) is 0.218. The first kappa shape index (κ1) is 16.8. The van der Waals surface area contributed by atoms with Gasteiger partial charge in [0.25, 0.3) is 5.91 Å². The monoisotopic (exact) mass is 300 g/mol. The number of halogens is 1. The molecule has 0 unspecified atom stereocenters. The minimum atomic E-state index is -0.171. The lowest BCUT2D eigenvalue weighted by molar-refractivity contribution is 0.0683. The van der Waals surface area contributed by atoms with Gasteiger partial charge in [0.1, 0.15) is 10.8 Å². The molecule has 0 aliphatic rings. The lowest BCUT2D eigenvalue weighted by Crippen LogP contribution is -2.36. The highest BCUT2D eigenvalue weighted by Crippen LogP contribution is 2.06. The average molecular weight is 301 g/mol. The topological polar surface area (TPSA) is 58.6 Å². The maximum Gasteiger partial charge on any atom is 0.274 e. The summed E-state index contributed by atoms with van der Waals surface area (Å²) < 4.78 is 5.04. The molecule has 1 heterocycles. The number of carbonyl (C=O) groups is 1. The van der Waals surface area contributed by atoms with Gasteiger partial charge in [0.05, 0.1) is 19.0 Å². The van der Waals surface area contributed by atoms with Crippen molar-refractivity contribution in [3.05, 3.63) is 23.2 Å². The van der Waals surface area contributed by atoms with Crippen LogP contribution in [-0.4, -0.2) is 73.1 Å². The highest BCUT2D eigenvalue weighted by atomic mass is 35.5. The standard InChI is InChI=1S/C13H21ClN4O2/c1-17(2)5-4-6-18(7-8-20-3)13(19)11-9-15-10-12(14)16-11/h9-10H,4-8H2,1-3H3. The number of aromatic nitrogens is 2. The Morgan fingerprint density at radius 1 is 1.30 bits per heavy atom. The molecule has 1 rings (SSSR count). The summed E-state index contributed by atoms with van der Waals surface area (Å²) in [6.07, 6.45) is 3.72. The van der Waals surface area contributed by atoms with Crippen molar-refractivity contribution in [2.45, 2.75) is 6.42 Å². The van der Waals surface area contributed by atoms with Crippen molar-refractivity contribution < 1.29 is 9.53 Å². The van der Waals surface area contributed by atoms with Gasteiger partial charge in [-0.3, -0.25) is 9.78 Å². The summed E-state index contributed by atoms with van der Waals surface area (Å²) in [5.41, 5.74) is 0.262. The fourth-order valence-electron chi connectivity index (χ4n) is 1.70. The Balaban J connectivity index is 2.68. The third-order valence-electron chi connectivity index (χ3n) is 2.71. The molecule has 0 radical (unpaired) electrons. The summed E-state index contributed by atoms with van der Waals surface area (Å²) in [7, 11) is 5.62. The van der Waals surface area contributed by atoms with Gasteiger partial charge < -0.3 is 14.5 Å². The Hall–Kier alpha value is -1.24. The van der Waals surface area contributed by atoms with Crippen LogP contribution >= 0.6 is 11.6 Å². The first-order valence-corrected chi connectivity index (χ1v) is 6.83. The first-order chi connectivity index (χ1) is 9.54. The van der Waals surface area contributed by atoms with Crippen LogP contribution in [0.2, 0.25) is 5.15 Å². The van der Waals surface area contributed by atoms with Crippen molar-refractivity contribution in [2.24, 2.45) is 0 Å². The lowest BCUT2D eigenvalue weighted by Gasteiger charge is -2.22. The summed E-state index contributed by atoms with van der Waals surface area (Å²) in [4.78, 5) is 24.1. The molecule has 0 saturated heterocycles. The Kier molecular flexibility index (Phi) is 7.43. The van der Waals surface area contributed by atoms with Gasteiger partial charge in [-0.1, -0.05) is 11.6 Å². The molecule has 1 amide bonds. The number of amides is 1. The van der Waals surface area contributed by atoms with Crippen LogP contribution in [0, 0.1) is 0 Å². The van der Waals surface area contributed by atoms with Gasteiger partial charge in [0.15, 0.2) is 0 Å². The molecule has 0 atom stereocenters. The van der Waals surface area contributed by atoms with Gasteiger partial charge in [-0.2, -0.15) is 0 Å². The molecule has 1 aromatic heterocycles. The zero-order valence-electron chi connectivity index (χ0n) is 12.2. The van der Waals surface area contributed by atoms with E-state index in [2.05, 4.69) is 14.9 Å². The molecule has 0 saturated carbocycles. The fraction of sp³-hybridized carbons (Fsp3) is 0.615. The van der Waals surface area contributed by atoms with E-state index in [1.807, 2.05) is 14.1 Å². The van der Waals surface area contributed by atoms with Crippen LogP contribution in [0.1, 0.15) is 16.9 Å². The maximum atomic E-state index is 12.4. The van der Waals surface area contributed by atoms with Crippen LogP contribution in [-0.2, 0) is 4.74 Å². The zero-order valence-corrected chi connectivity index (χ0v) is 12.9. The molecule has 0 fully saturated rings. The summed E-state index contributed by atoms with van der Waals surface area (Å²) in [5.74, 6) is -0.171. The Morgan fingerprint density at radius 3 is 2.65 bits per heavy atom.